The molecule has 0 spiro atoms. The molecule has 0 aliphatic carbocycles. The van der Waals surface area contributed by atoms with Crippen LogP contribution in [0, 0.1) is 0 Å². The van der Waals surface area contributed by atoms with Crippen molar-refractivity contribution in [3.8, 4) is 0 Å². The summed E-state index contributed by atoms with van der Waals surface area (Å²) in [5, 5.41) is 0. The predicted molar refractivity (Wildman–Crippen MR) is 54.8 cm³/mol. The highest BCUT2D eigenvalue weighted by Gasteiger charge is 2.66. The molecule has 1 rings (SSSR count). The van der Waals surface area contributed by atoms with E-state index in [0.717, 1.165) is 18.2 Å². The smallest absolute Gasteiger partial charge is 0.191 e. The molecule has 0 aromatic carbocycles. The lowest BCUT2D eigenvalue weighted by atomic mass is 10.5. The minimum Gasteiger partial charge on any atom is -0.191 e. The second-order valence-electron chi connectivity index (χ2n) is 3.33. The number of halogens is 6. The van der Waals surface area contributed by atoms with Gasteiger partial charge in [0.25, 0.3) is 0 Å². The van der Waals surface area contributed by atoms with Crippen LogP contribution in [0.15, 0.2) is 30.6 Å². The molecule has 0 aliphatic heterocycles. The first-order valence-electron chi connectivity index (χ1n) is 4.62. The van der Waals surface area contributed by atoms with E-state index in [1.807, 2.05) is 0 Å². The lowest BCUT2D eigenvalue weighted by Crippen LogP contribution is -2.68. The number of pyridine rings is 1. The maximum absolute atomic E-state index is 12.4. The topological polar surface area (TPSA) is 75.4 Å². The van der Waals surface area contributed by atoms with Gasteiger partial charge in [0.15, 0.2) is 0 Å². The van der Waals surface area contributed by atoms with Crippen molar-refractivity contribution in [1.82, 2.24) is 0 Å². The maximum atomic E-state index is 12.4. The van der Waals surface area contributed by atoms with Gasteiger partial charge in [0.1, 0.15) is 0 Å². The van der Waals surface area contributed by atoms with Crippen molar-refractivity contribution in [2.45, 2.75) is 11.0 Å². The van der Waals surface area contributed by atoms with E-state index in [1.165, 1.54) is 0 Å². The number of aromatic nitrogens is 1. The van der Waals surface area contributed by atoms with Gasteiger partial charge in [-0.05, 0) is 0 Å². The van der Waals surface area contributed by atoms with Gasteiger partial charge in [0, 0.05) is 12.1 Å². The van der Waals surface area contributed by atoms with Gasteiger partial charge in [-0.25, -0.2) is 0 Å². The largest absolute Gasteiger partial charge is 0.522 e. The normalized spacial score (nSPS) is 14.0. The molecule has 0 bridgehead atoms. The van der Waals surface area contributed by atoms with Crippen LogP contribution in [0.5, 0.6) is 0 Å². The molecule has 0 aliphatic rings. The molecule has 1 aromatic heterocycles. The first-order valence-corrected chi connectivity index (χ1v) is 7.50. The van der Waals surface area contributed by atoms with Crippen molar-refractivity contribution in [2.24, 2.45) is 0 Å². The lowest BCUT2D eigenvalue weighted by molar-refractivity contribution is -0.662. The molecule has 1 heterocycles. The average molecular weight is 359 g/mol. The van der Waals surface area contributed by atoms with Gasteiger partial charge in [-0.3, -0.25) is 0 Å². The molecular formula is C7H5F6N2O4S2+. The van der Waals surface area contributed by atoms with Crippen LogP contribution in [-0.4, -0.2) is 27.9 Å². The van der Waals surface area contributed by atoms with Crippen molar-refractivity contribution >= 4 is 20.0 Å². The second kappa shape index (κ2) is 5.01. The summed E-state index contributed by atoms with van der Waals surface area (Å²) in [6.45, 7) is 0. The highest BCUT2D eigenvalue weighted by Crippen LogP contribution is 2.32. The third kappa shape index (κ3) is 3.04. The number of sulfonamides is 2. The fourth-order valence-electron chi connectivity index (χ4n) is 1.05. The Labute approximate surface area is 114 Å². The molecule has 0 radical (unpaired) electrons. The van der Waals surface area contributed by atoms with Crippen LogP contribution >= 0.6 is 0 Å². The minimum absolute atomic E-state index is 0.356. The number of nitrogens with zero attached hydrogens (tertiary/aromatic N) is 2. The summed E-state index contributed by atoms with van der Waals surface area (Å²) in [6.07, 6.45) is 0.791. The summed E-state index contributed by atoms with van der Waals surface area (Å²) in [5.41, 5.74) is -12.5. The van der Waals surface area contributed by atoms with Crippen LogP contribution in [0.1, 0.15) is 0 Å². The standard InChI is InChI=1S/C7H5F6N2O4S2/c8-6(9,10)20(16,17)15(14-4-2-1-3-5-14)21(18,19)7(11,12)13/h1-5H/q+1. The SMILES string of the molecule is O=S(=O)(N([n+]1ccccc1)S(=O)(=O)C(F)(F)F)C(F)(F)F. The Bertz CT molecular complexity index is 666. The Morgan fingerprint density at radius 3 is 1.33 bits per heavy atom. The van der Waals surface area contributed by atoms with Gasteiger partial charge in [0.2, 0.25) is 12.4 Å². The Balaban J connectivity index is 3.72. The first kappa shape index (κ1) is 17.5. The van der Waals surface area contributed by atoms with Crippen molar-refractivity contribution in [3.05, 3.63) is 30.6 Å². The van der Waals surface area contributed by atoms with Crippen molar-refractivity contribution < 1.29 is 47.9 Å². The molecule has 0 saturated heterocycles. The zero-order valence-corrected chi connectivity index (χ0v) is 11.1. The fraction of sp³-hybridized carbons (Fsp3) is 0.286. The molecule has 120 valence electrons. The molecule has 0 saturated carbocycles. The third-order valence-electron chi connectivity index (χ3n) is 1.88. The molecule has 6 nitrogen and oxygen atoms in total. The van der Waals surface area contributed by atoms with Crippen LogP contribution in [0.25, 0.3) is 0 Å². The zero-order valence-electron chi connectivity index (χ0n) is 9.50. The molecule has 14 heteroatoms. The van der Waals surface area contributed by atoms with E-state index in [-0.39, 0.29) is 4.68 Å². The average Bonchev–Trinajstić information content (AvgIpc) is 2.26. The summed E-state index contributed by atoms with van der Waals surface area (Å²) in [7, 11) is -13.7. The Morgan fingerprint density at radius 1 is 0.714 bits per heavy atom. The fourth-order valence-corrected chi connectivity index (χ4v) is 3.66. The van der Waals surface area contributed by atoms with Gasteiger partial charge in [-0.15, -0.1) is 0 Å². The highest BCUT2D eigenvalue weighted by atomic mass is 32.3. The van der Waals surface area contributed by atoms with E-state index in [9.17, 15) is 43.2 Å². The Hall–Kier alpha value is -1.57. The van der Waals surface area contributed by atoms with E-state index in [4.69, 9.17) is 0 Å². The number of hydrogen-bond acceptors (Lipinski definition) is 4. The van der Waals surface area contributed by atoms with Crippen LogP contribution in [-0.2, 0) is 20.0 Å². The van der Waals surface area contributed by atoms with E-state index in [0.29, 0.717) is 12.4 Å². The van der Waals surface area contributed by atoms with Crippen LogP contribution in [0.2, 0.25) is 0 Å². The zero-order chi connectivity index (χ0) is 16.7. The molecule has 21 heavy (non-hydrogen) atoms. The number of rotatable bonds is 3. The van der Waals surface area contributed by atoms with Gasteiger partial charge in [-0.1, -0.05) is 10.7 Å². The molecule has 0 unspecified atom stereocenters. The lowest BCUT2D eigenvalue weighted by Gasteiger charge is -2.19. The first-order chi connectivity index (χ1) is 9.23. The van der Waals surface area contributed by atoms with E-state index >= 15 is 0 Å². The quantitative estimate of drug-likeness (QED) is 0.586. The summed E-state index contributed by atoms with van der Waals surface area (Å²) < 4.78 is 117. The van der Waals surface area contributed by atoms with Crippen LogP contribution in [0.3, 0.4) is 0 Å². The monoisotopic (exact) mass is 359 g/mol. The predicted octanol–water partition coefficient (Wildman–Crippen LogP) is 0.611. The second-order valence-corrected chi connectivity index (χ2v) is 7.08. The summed E-state index contributed by atoms with van der Waals surface area (Å²) in [5.74, 6) is 0. The van der Waals surface area contributed by atoms with E-state index < -0.39 is 34.9 Å². The summed E-state index contributed by atoms with van der Waals surface area (Å²) in [4.78, 5) is 0. The molecule has 0 N–H and O–H groups in total. The molecule has 0 fully saturated rings. The number of hydrogen-bond donors (Lipinski definition) is 0. The van der Waals surface area contributed by atoms with Gasteiger partial charge < -0.3 is 0 Å². The van der Waals surface area contributed by atoms with Crippen LogP contribution in [0.4, 0.5) is 26.3 Å². The summed E-state index contributed by atoms with van der Waals surface area (Å²) in [6, 6.07) is 2.80. The van der Waals surface area contributed by atoms with Gasteiger partial charge in [0.05, 0.1) is 3.82 Å². The van der Waals surface area contributed by atoms with E-state index in [1.54, 1.807) is 0 Å². The van der Waals surface area contributed by atoms with Crippen molar-refractivity contribution in [3.63, 3.8) is 0 Å². The Kier molecular flexibility index (Phi) is 4.17. The van der Waals surface area contributed by atoms with Gasteiger partial charge >= 0.3 is 31.1 Å². The third-order valence-corrected chi connectivity index (χ3v) is 5.43. The van der Waals surface area contributed by atoms with Crippen molar-refractivity contribution in [2.75, 3.05) is 3.82 Å². The van der Waals surface area contributed by atoms with Crippen LogP contribution < -0.4 is 8.50 Å². The van der Waals surface area contributed by atoms with Gasteiger partial charge in [-0.2, -0.15) is 43.2 Å². The number of alkyl halides is 6. The molecule has 0 atom stereocenters. The Morgan fingerprint density at radius 2 is 1.05 bits per heavy atom. The maximum Gasteiger partial charge on any atom is 0.522 e. The van der Waals surface area contributed by atoms with Crippen molar-refractivity contribution in [1.29, 1.82) is 0 Å². The minimum atomic E-state index is -6.84. The molecule has 0 amide bonds. The molecular weight excluding hydrogens is 354 g/mol. The van der Waals surface area contributed by atoms with E-state index in [2.05, 4.69) is 0 Å². The molecule has 1 aromatic rings. The highest BCUT2D eigenvalue weighted by molar-refractivity contribution is 8.10. The summed E-state index contributed by atoms with van der Waals surface area (Å²) >= 11 is 0.